The summed E-state index contributed by atoms with van der Waals surface area (Å²) in [5.41, 5.74) is 0. The van der Waals surface area contributed by atoms with Crippen LogP contribution in [0, 0.1) is 0 Å². The summed E-state index contributed by atoms with van der Waals surface area (Å²) in [6.07, 6.45) is 0.231. The van der Waals surface area contributed by atoms with Crippen LogP contribution in [0.5, 0.6) is 0 Å². The zero-order valence-electron chi connectivity index (χ0n) is 9.94. The second kappa shape index (κ2) is 6.54. The van der Waals surface area contributed by atoms with Gasteiger partial charge < -0.3 is 14.8 Å². The Bertz CT molecular complexity index is 291. The van der Waals surface area contributed by atoms with Crippen LogP contribution in [0.2, 0.25) is 0 Å². The summed E-state index contributed by atoms with van der Waals surface area (Å²) in [6.45, 7) is 5.98. The lowest BCUT2D eigenvalue weighted by Gasteiger charge is -2.28. The maximum absolute atomic E-state index is 11.2. The fourth-order valence-corrected chi connectivity index (χ4v) is 2.18. The molecule has 2 atom stereocenters. The smallest absolute Gasteiger partial charge is 0.152 e. The third-order valence-corrected chi connectivity index (χ3v) is 4.18. The van der Waals surface area contributed by atoms with Gasteiger partial charge in [-0.05, 0) is 6.92 Å². The molecule has 1 aliphatic heterocycles. The Kier molecular flexibility index (Phi) is 5.68. The van der Waals surface area contributed by atoms with Crippen molar-refractivity contribution in [2.45, 2.75) is 26.1 Å². The monoisotopic (exact) mass is 251 g/mol. The van der Waals surface area contributed by atoms with Crippen molar-refractivity contribution in [3.05, 3.63) is 0 Å². The Morgan fingerprint density at radius 2 is 2.19 bits per heavy atom. The molecule has 1 heterocycles. The summed E-state index contributed by atoms with van der Waals surface area (Å²) < 4.78 is 33.3. The second-order valence-corrected chi connectivity index (χ2v) is 6.51. The van der Waals surface area contributed by atoms with Crippen molar-refractivity contribution in [2.24, 2.45) is 0 Å². The van der Waals surface area contributed by atoms with Crippen molar-refractivity contribution in [2.75, 3.05) is 37.8 Å². The Hall–Kier alpha value is -0.170. The molecule has 5 nitrogen and oxygen atoms in total. The van der Waals surface area contributed by atoms with Gasteiger partial charge in [-0.3, -0.25) is 0 Å². The van der Waals surface area contributed by atoms with Crippen LogP contribution in [0.3, 0.4) is 0 Å². The van der Waals surface area contributed by atoms with Gasteiger partial charge in [0.2, 0.25) is 0 Å². The zero-order chi connectivity index (χ0) is 12.0. The number of hydrogen-bond donors (Lipinski definition) is 1. The van der Waals surface area contributed by atoms with E-state index in [4.69, 9.17) is 9.47 Å². The van der Waals surface area contributed by atoms with Crippen LogP contribution in [0.1, 0.15) is 13.8 Å². The standard InChI is InChI=1S/C10H21NO4S/c1-3-16(12,13)5-4-14-8-10-7-11-6-9(2)15-10/h9-11H,3-8H2,1-2H3. The maximum atomic E-state index is 11.2. The van der Waals surface area contributed by atoms with Crippen LogP contribution in [0.4, 0.5) is 0 Å². The minimum Gasteiger partial charge on any atom is -0.378 e. The minimum atomic E-state index is -2.91. The zero-order valence-corrected chi connectivity index (χ0v) is 10.8. The highest BCUT2D eigenvalue weighted by Gasteiger charge is 2.18. The molecule has 0 amide bonds. The van der Waals surface area contributed by atoms with Crippen molar-refractivity contribution in [3.63, 3.8) is 0 Å². The number of morpholine rings is 1. The van der Waals surface area contributed by atoms with Crippen molar-refractivity contribution in [1.29, 1.82) is 0 Å². The molecule has 16 heavy (non-hydrogen) atoms. The van der Waals surface area contributed by atoms with Crippen LogP contribution in [-0.4, -0.2) is 58.4 Å². The van der Waals surface area contributed by atoms with Gasteiger partial charge in [0.05, 0.1) is 31.2 Å². The molecule has 1 rings (SSSR count). The van der Waals surface area contributed by atoms with Crippen molar-refractivity contribution in [3.8, 4) is 0 Å². The lowest BCUT2D eigenvalue weighted by atomic mass is 10.2. The summed E-state index contributed by atoms with van der Waals surface area (Å²) in [5.74, 6) is 0.272. The molecule has 0 saturated carbocycles. The molecule has 0 bridgehead atoms. The van der Waals surface area contributed by atoms with Crippen LogP contribution >= 0.6 is 0 Å². The van der Waals surface area contributed by atoms with Crippen LogP contribution in [0.25, 0.3) is 0 Å². The van der Waals surface area contributed by atoms with Crippen LogP contribution in [-0.2, 0) is 19.3 Å². The Balaban J connectivity index is 2.11. The molecule has 0 aromatic rings. The lowest BCUT2D eigenvalue weighted by Crippen LogP contribution is -2.45. The summed E-state index contributed by atoms with van der Waals surface area (Å²) in [6, 6.07) is 0. The maximum Gasteiger partial charge on any atom is 0.152 e. The van der Waals surface area contributed by atoms with Crippen molar-refractivity contribution in [1.82, 2.24) is 5.32 Å². The van der Waals surface area contributed by atoms with Gasteiger partial charge in [0.15, 0.2) is 9.84 Å². The Morgan fingerprint density at radius 1 is 1.44 bits per heavy atom. The summed E-state index contributed by atoms with van der Waals surface area (Å²) in [5, 5.41) is 3.23. The molecule has 96 valence electrons. The molecule has 1 fully saturated rings. The average molecular weight is 251 g/mol. The topological polar surface area (TPSA) is 64.6 Å². The third-order valence-electron chi connectivity index (χ3n) is 2.51. The van der Waals surface area contributed by atoms with E-state index < -0.39 is 9.84 Å². The van der Waals surface area contributed by atoms with E-state index >= 15 is 0 Å². The molecule has 0 aromatic heterocycles. The van der Waals surface area contributed by atoms with Gasteiger partial charge in [0, 0.05) is 18.8 Å². The molecule has 1 aliphatic rings. The first-order chi connectivity index (χ1) is 7.53. The summed E-state index contributed by atoms with van der Waals surface area (Å²) >= 11 is 0. The lowest BCUT2D eigenvalue weighted by molar-refractivity contribution is -0.0665. The largest absolute Gasteiger partial charge is 0.378 e. The molecule has 0 aliphatic carbocycles. The van der Waals surface area contributed by atoms with E-state index in [1.54, 1.807) is 6.92 Å². The molecular weight excluding hydrogens is 230 g/mol. The van der Waals surface area contributed by atoms with Gasteiger partial charge in [0.1, 0.15) is 0 Å². The van der Waals surface area contributed by atoms with E-state index in [0.717, 1.165) is 13.1 Å². The minimum absolute atomic E-state index is 0.0353. The second-order valence-electron chi connectivity index (χ2n) is 4.04. The molecule has 2 unspecified atom stereocenters. The van der Waals surface area contributed by atoms with Gasteiger partial charge >= 0.3 is 0 Å². The summed E-state index contributed by atoms with van der Waals surface area (Å²) in [4.78, 5) is 0. The normalized spacial score (nSPS) is 26.9. The number of nitrogens with one attached hydrogen (secondary N) is 1. The highest BCUT2D eigenvalue weighted by Crippen LogP contribution is 2.03. The highest BCUT2D eigenvalue weighted by atomic mass is 32.2. The Morgan fingerprint density at radius 3 is 2.81 bits per heavy atom. The number of rotatable bonds is 6. The Labute approximate surface area is 97.4 Å². The van der Waals surface area contributed by atoms with Gasteiger partial charge in [0.25, 0.3) is 0 Å². The fraction of sp³-hybridized carbons (Fsp3) is 1.00. The molecule has 0 spiro atoms. The average Bonchev–Trinajstić information content (AvgIpc) is 2.25. The first-order valence-electron chi connectivity index (χ1n) is 5.68. The van der Waals surface area contributed by atoms with Crippen LogP contribution < -0.4 is 5.32 Å². The molecule has 1 saturated heterocycles. The van der Waals surface area contributed by atoms with E-state index in [-0.39, 0.29) is 30.3 Å². The van der Waals surface area contributed by atoms with Crippen LogP contribution in [0.15, 0.2) is 0 Å². The van der Waals surface area contributed by atoms with E-state index in [0.29, 0.717) is 6.61 Å². The van der Waals surface area contributed by atoms with Gasteiger partial charge in [-0.15, -0.1) is 0 Å². The van der Waals surface area contributed by atoms with E-state index in [1.165, 1.54) is 0 Å². The SMILES string of the molecule is CCS(=O)(=O)CCOCC1CNCC(C)O1. The van der Waals surface area contributed by atoms with E-state index in [1.807, 2.05) is 6.92 Å². The number of sulfone groups is 1. The molecule has 1 N–H and O–H groups in total. The summed E-state index contributed by atoms with van der Waals surface area (Å²) in [7, 11) is -2.91. The fourth-order valence-electron chi connectivity index (χ4n) is 1.52. The number of ether oxygens (including phenoxy) is 2. The van der Waals surface area contributed by atoms with Gasteiger partial charge in [-0.25, -0.2) is 8.42 Å². The van der Waals surface area contributed by atoms with Gasteiger partial charge in [-0.1, -0.05) is 6.92 Å². The molecule has 0 radical (unpaired) electrons. The molecular formula is C10H21NO4S. The third kappa shape index (κ3) is 5.25. The predicted octanol–water partition coefficient (Wildman–Crippen LogP) is -0.185. The van der Waals surface area contributed by atoms with Gasteiger partial charge in [-0.2, -0.15) is 0 Å². The van der Waals surface area contributed by atoms with Crippen molar-refractivity contribution < 1.29 is 17.9 Å². The number of hydrogen-bond acceptors (Lipinski definition) is 5. The highest BCUT2D eigenvalue weighted by molar-refractivity contribution is 7.91. The first kappa shape index (κ1) is 13.9. The van der Waals surface area contributed by atoms with E-state index in [2.05, 4.69) is 5.32 Å². The predicted molar refractivity (Wildman–Crippen MR) is 62.4 cm³/mol. The molecule has 0 aromatic carbocycles. The van der Waals surface area contributed by atoms with E-state index in [9.17, 15) is 8.42 Å². The first-order valence-corrected chi connectivity index (χ1v) is 7.50. The quantitative estimate of drug-likeness (QED) is 0.663. The van der Waals surface area contributed by atoms with Crippen molar-refractivity contribution >= 4 is 9.84 Å². The molecule has 6 heteroatoms.